The number of aromatic nitrogens is 2. The summed E-state index contributed by atoms with van der Waals surface area (Å²) in [7, 11) is 0. The zero-order chi connectivity index (χ0) is 18.6. The fourth-order valence-corrected chi connectivity index (χ4v) is 2.93. The second kappa shape index (κ2) is 8.01. The van der Waals surface area contributed by atoms with E-state index in [2.05, 4.69) is 43.5 Å². The number of hydrogen-bond donors (Lipinski definition) is 2. The van der Waals surface area contributed by atoms with Crippen LogP contribution in [0, 0.1) is 0 Å². The lowest BCUT2D eigenvalue weighted by atomic mass is 9.92. The molecule has 6 nitrogen and oxygen atoms in total. The second-order valence-electron chi connectivity index (χ2n) is 7.79. The van der Waals surface area contributed by atoms with Gasteiger partial charge in [-0.1, -0.05) is 51.1 Å². The van der Waals surface area contributed by atoms with E-state index in [0.717, 1.165) is 23.6 Å². The lowest BCUT2D eigenvalue weighted by Crippen LogP contribution is -2.43. The van der Waals surface area contributed by atoms with Crippen molar-refractivity contribution in [3.63, 3.8) is 0 Å². The van der Waals surface area contributed by atoms with Gasteiger partial charge in [0.15, 0.2) is 0 Å². The van der Waals surface area contributed by atoms with E-state index in [4.69, 9.17) is 9.84 Å². The predicted octanol–water partition coefficient (Wildman–Crippen LogP) is 2.55. The molecule has 0 spiro atoms. The summed E-state index contributed by atoms with van der Waals surface area (Å²) >= 11 is 0. The first kappa shape index (κ1) is 18.6. The maximum Gasteiger partial charge on any atom is 0.227 e. The number of rotatable bonds is 5. The van der Waals surface area contributed by atoms with Crippen LogP contribution in [0.4, 0.5) is 5.82 Å². The molecule has 3 rings (SSSR count). The molecule has 1 atom stereocenters. The first-order chi connectivity index (χ1) is 12.4. The van der Waals surface area contributed by atoms with Crippen molar-refractivity contribution >= 4 is 11.7 Å². The van der Waals surface area contributed by atoms with Crippen LogP contribution >= 0.6 is 0 Å². The molecule has 1 aromatic heterocycles. The maximum absolute atomic E-state index is 12.5. The van der Waals surface area contributed by atoms with E-state index in [1.54, 1.807) is 0 Å². The molecule has 0 radical (unpaired) electrons. The van der Waals surface area contributed by atoms with E-state index in [-0.39, 0.29) is 17.4 Å². The fourth-order valence-electron chi connectivity index (χ4n) is 2.93. The zero-order valence-electron chi connectivity index (χ0n) is 15.8. The molecule has 0 aliphatic carbocycles. The molecule has 6 heteroatoms. The Kier molecular flexibility index (Phi) is 5.74. The van der Waals surface area contributed by atoms with Crippen LogP contribution in [0.3, 0.4) is 0 Å². The Morgan fingerprint density at radius 1 is 1.35 bits per heavy atom. The molecule has 2 heterocycles. The molecule has 2 N–H and O–H groups in total. The van der Waals surface area contributed by atoms with Gasteiger partial charge in [0.05, 0.1) is 25.5 Å². The molecule has 2 aromatic rings. The monoisotopic (exact) mass is 356 g/mol. The molecule has 1 aliphatic heterocycles. The quantitative estimate of drug-likeness (QED) is 0.864. The fraction of sp³-hybridized carbons (Fsp3) is 0.500. The molecule has 1 aromatic carbocycles. The Morgan fingerprint density at radius 2 is 2.12 bits per heavy atom. The largest absolute Gasteiger partial charge is 0.378 e. The van der Waals surface area contributed by atoms with Gasteiger partial charge in [0.1, 0.15) is 5.82 Å². The Balaban J connectivity index is 1.75. The normalized spacial score (nSPS) is 17.9. The Hall–Kier alpha value is -2.18. The van der Waals surface area contributed by atoms with E-state index < -0.39 is 0 Å². The Bertz CT molecular complexity index is 728. The van der Waals surface area contributed by atoms with Crippen molar-refractivity contribution in [3.05, 3.63) is 47.7 Å². The molecule has 140 valence electrons. The molecule has 0 saturated carbocycles. The van der Waals surface area contributed by atoms with Crippen molar-refractivity contribution in [2.24, 2.45) is 0 Å². The Morgan fingerprint density at radius 3 is 2.77 bits per heavy atom. The van der Waals surface area contributed by atoms with E-state index >= 15 is 0 Å². The van der Waals surface area contributed by atoms with E-state index in [0.29, 0.717) is 26.2 Å². The third-order valence-electron chi connectivity index (χ3n) is 4.42. The highest BCUT2D eigenvalue weighted by molar-refractivity contribution is 5.90. The zero-order valence-corrected chi connectivity index (χ0v) is 15.8. The summed E-state index contributed by atoms with van der Waals surface area (Å²) < 4.78 is 7.30. The number of anilines is 1. The number of carbonyl (C=O) groups excluding carboxylic acids is 1. The van der Waals surface area contributed by atoms with E-state index in [1.807, 2.05) is 28.9 Å². The van der Waals surface area contributed by atoms with Crippen molar-refractivity contribution in [1.82, 2.24) is 15.1 Å². The molecule has 0 bridgehead atoms. The number of nitrogens with one attached hydrogen (secondary N) is 2. The van der Waals surface area contributed by atoms with Crippen molar-refractivity contribution in [2.75, 3.05) is 25.1 Å². The van der Waals surface area contributed by atoms with E-state index in [9.17, 15) is 4.79 Å². The summed E-state index contributed by atoms with van der Waals surface area (Å²) in [4.78, 5) is 12.5. The van der Waals surface area contributed by atoms with Crippen LogP contribution in [0.5, 0.6) is 0 Å². The van der Waals surface area contributed by atoms with E-state index in [1.165, 1.54) is 0 Å². The molecular weight excluding hydrogens is 328 g/mol. The lowest BCUT2D eigenvalue weighted by Gasteiger charge is -2.23. The molecule has 1 unspecified atom stereocenters. The number of ether oxygens (including phenoxy) is 1. The molecule has 1 amide bonds. The van der Waals surface area contributed by atoms with Crippen LogP contribution in [-0.4, -0.2) is 41.5 Å². The van der Waals surface area contributed by atoms with Crippen molar-refractivity contribution in [1.29, 1.82) is 0 Å². The third kappa shape index (κ3) is 4.93. The van der Waals surface area contributed by atoms with Crippen LogP contribution in [0.1, 0.15) is 38.4 Å². The summed E-state index contributed by atoms with van der Waals surface area (Å²) in [6, 6.07) is 12.2. The van der Waals surface area contributed by atoms with Crippen LogP contribution in [0.25, 0.3) is 0 Å². The number of hydrogen-bond acceptors (Lipinski definition) is 4. The second-order valence-corrected chi connectivity index (χ2v) is 7.79. The van der Waals surface area contributed by atoms with Crippen LogP contribution in [0.15, 0.2) is 36.4 Å². The predicted molar refractivity (Wildman–Crippen MR) is 102 cm³/mol. The van der Waals surface area contributed by atoms with Gasteiger partial charge in [-0.25, -0.2) is 4.68 Å². The van der Waals surface area contributed by atoms with Gasteiger partial charge < -0.3 is 15.4 Å². The van der Waals surface area contributed by atoms with Gasteiger partial charge in [-0.2, -0.15) is 5.10 Å². The summed E-state index contributed by atoms with van der Waals surface area (Å²) in [5.41, 5.74) is 2.02. The average Bonchev–Trinajstić information content (AvgIpc) is 2.99. The lowest BCUT2D eigenvalue weighted by molar-refractivity contribution is -0.117. The third-order valence-corrected chi connectivity index (χ3v) is 4.42. The first-order valence-corrected chi connectivity index (χ1v) is 9.15. The molecule has 26 heavy (non-hydrogen) atoms. The standard InChI is InChI=1S/C20H28N4O2/c1-20(2,3)17-12-18(22-19(25)11-16-14-26-10-9-21-16)24(23-17)13-15-7-5-4-6-8-15/h4-8,12,16,21H,9-11,13-14H2,1-3H3,(H,22,25). The number of carbonyl (C=O) groups is 1. The van der Waals surface area contributed by atoms with Crippen LogP contribution < -0.4 is 10.6 Å². The number of benzene rings is 1. The minimum atomic E-state index is -0.0832. The van der Waals surface area contributed by atoms with Gasteiger partial charge in [-0.05, 0) is 5.56 Å². The molecule has 1 aliphatic rings. The molecule has 1 fully saturated rings. The minimum Gasteiger partial charge on any atom is -0.378 e. The molecule has 1 saturated heterocycles. The van der Waals surface area contributed by atoms with Gasteiger partial charge in [0, 0.05) is 30.5 Å². The van der Waals surface area contributed by atoms with Gasteiger partial charge in [-0.3, -0.25) is 4.79 Å². The number of nitrogens with zero attached hydrogens (tertiary/aromatic N) is 2. The van der Waals surface area contributed by atoms with Crippen molar-refractivity contribution in [3.8, 4) is 0 Å². The summed E-state index contributed by atoms with van der Waals surface area (Å²) in [6.07, 6.45) is 0.390. The smallest absolute Gasteiger partial charge is 0.227 e. The first-order valence-electron chi connectivity index (χ1n) is 9.15. The van der Waals surface area contributed by atoms with Gasteiger partial charge in [0.25, 0.3) is 0 Å². The number of morpholine rings is 1. The van der Waals surface area contributed by atoms with Gasteiger partial charge >= 0.3 is 0 Å². The topological polar surface area (TPSA) is 68.2 Å². The Labute approximate surface area is 154 Å². The summed E-state index contributed by atoms with van der Waals surface area (Å²) in [6.45, 7) is 9.06. The number of amides is 1. The summed E-state index contributed by atoms with van der Waals surface area (Å²) in [5, 5.41) is 11.1. The highest BCUT2D eigenvalue weighted by atomic mass is 16.5. The highest BCUT2D eigenvalue weighted by Gasteiger charge is 2.22. The SMILES string of the molecule is CC(C)(C)c1cc(NC(=O)CC2COCCN2)n(Cc2ccccc2)n1. The maximum atomic E-state index is 12.5. The van der Waals surface area contributed by atoms with Crippen molar-refractivity contribution in [2.45, 2.75) is 45.2 Å². The minimum absolute atomic E-state index is 0.0253. The van der Waals surface area contributed by atoms with Crippen LogP contribution in [0.2, 0.25) is 0 Å². The van der Waals surface area contributed by atoms with Gasteiger partial charge in [-0.15, -0.1) is 0 Å². The van der Waals surface area contributed by atoms with Crippen LogP contribution in [-0.2, 0) is 21.5 Å². The summed E-state index contributed by atoms with van der Waals surface area (Å²) in [5.74, 6) is 0.711. The van der Waals surface area contributed by atoms with Gasteiger partial charge in [0.2, 0.25) is 5.91 Å². The van der Waals surface area contributed by atoms with Crippen molar-refractivity contribution < 1.29 is 9.53 Å². The average molecular weight is 356 g/mol. The highest BCUT2D eigenvalue weighted by Crippen LogP contribution is 2.25. The molecular formula is C20H28N4O2.